The number of hydrogen-bond donors (Lipinski definition) is 2. The zero-order valence-electron chi connectivity index (χ0n) is 8.66. The van der Waals surface area contributed by atoms with Crippen LogP contribution in [0.4, 0.5) is 5.95 Å². The Balaban J connectivity index is 3.13. The van der Waals surface area contributed by atoms with Crippen molar-refractivity contribution >= 4 is 5.95 Å². The molecule has 5 heteroatoms. The van der Waals surface area contributed by atoms with Crippen molar-refractivity contribution in [1.82, 2.24) is 9.55 Å². The van der Waals surface area contributed by atoms with Gasteiger partial charge < -0.3 is 10.4 Å². The minimum Gasteiger partial charge on any atom is -0.395 e. The smallest absolute Gasteiger partial charge is 0.257 e. The summed E-state index contributed by atoms with van der Waals surface area (Å²) in [6, 6.07) is 0. The van der Waals surface area contributed by atoms with Crippen molar-refractivity contribution in [2.24, 2.45) is 7.05 Å². The number of rotatable bonds is 3. The summed E-state index contributed by atoms with van der Waals surface area (Å²) in [4.78, 5) is 15.8. The Morgan fingerprint density at radius 1 is 1.50 bits per heavy atom. The number of nitrogens with zero attached hydrogens (tertiary/aromatic N) is 2. The molecule has 0 aliphatic heterocycles. The molecule has 1 rings (SSSR count). The Kier molecular flexibility index (Phi) is 3.24. The summed E-state index contributed by atoms with van der Waals surface area (Å²) in [6.07, 6.45) is 0. The van der Waals surface area contributed by atoms with Crippen molar-refractivity contribution in [1.29, 1.82) is 0 Å². The van der Waals surface area contributed by atoms with Crippen molar-refractivity contribution in [2.45, 2.75) is 13.8 Å². The molecule has 2 N–H and O–H groups in total. The highest BCUT2D eigenvalue weighted by Gasteiger charge is 2.06. The van der Waals surface area contributed by atoms with Gasteiger partial charge in [0.2, 0.25) is 5.95 Å². The van der Waals surface area contributed by atoms with E-state index in [-0.39, 0.29) is 12.2 Å². The summed E-state index contributed by atoms with van der Waals surface area (Å²) in [7, 11) is 1.65. The quantitative estimate of drug-likeness (QED) is 0.704. The van der Waals surface area contributed by atoms with Crippen LogP contribution in [0.1, 0.15) is 11.3 Å². The molecule has 0 aliphatic rings. The van der Waals surface area contributed by atoms with Crippen LogP contribution in [0.15, 0.2) is 4.79 Å². The molecule has 0 amide bonds. The fourth-order valence-corrected chi connectivity index (χ4v) is 1.15. The molecule has 0 spiro atoms. The Morgan fingerprint density at radius 3 is 2.71 bits per heavy atom. The average molecular weight is 197 g/mol. The van der Waals surface area contributed by atoms with E-state index in [1.54, 1.807) is 20.9 Å². The van der Waals surface area contributed by atoms with Gasteiger partial charge in [0.05, 0.1) is 6.61 Å². The fraction of sp³-hybridized carbons (Fsp3) is 0.556. The van der Waals surface area contributed by atoms with Gasteiger partial charge in [0, 0.05) is 24.8 Å². The second-order valence-corrected chi connectivity index (χ2v) is 3.16. The lowest BCUT2D eigenvalue weighted by Crippen LogP contribution is -2.26. The number of hydrogen-bond acceptors (Lipinski definition) is 4. The Morgan fingerprint density at radius 2 is 2.14 bits per heavy atom. The topological polar surface area (TPSA) is 67.2 Å². The van der Waals surface area contributed by atoms with E-state index in [9.17, 15) is 4.79 Å². The van der Waals surface area contributed by atoms with Crippen LogP contribution in [0.25, 0.3) is 0 Å². The highest BCUT2D eigenvalue weighted by molar-refractivity contribution is 5.30. The highest BCUT2D eigenvalue weighted by Crippen LogP contribution is 2.03. The Labute approximate surface area is 82.4 Å². The zero-order valence-corrected chi connectivity index (χ0v) is 8.66. The van der Waals surface area contributed by atoms with Gasteiger partial charge in [-0.15, -0.1) is 0 Å². The van der Waals surface area contributed by atoms with Gasteiger partial charge in [-0.3, -0.25) is 9.36 Å². The van der Waals surface area contributed by atoms with E-state index >= 15 is 0 Å². The van der Waals surface area contributed by atoms with Gasteiger partial charge in [0.15, 0.2) is 0 Å². The van der Waals surface area contributed by atoms with E-state index in [0.717, 1.165) is 0 Å². The normalized spacial score (nSPS) is 10.3. The van der Waals surface area contributed by atoms with Crippen LogP contribution in [0.2, 0.25) is 0 Å². The third kappa shape index (κ3) is 1.93. The van der Waals surface area contributed by atoms with Crippen LogP contribution >= 0.6 is 0 Å². The van der Waals surface area contributed by atoms with Crippen molar-refractivity contribution in [3.05, 3.63) is 21.6 Å². The van der Waals surface area contributed by atoms with Crippen molar-refractivity contribution in [3.8, 4) is 0 Å². The first-order chi connectivity index (χ1) is 6.57. The lowest BCUT2D eigenvalue weighted by atomic mass is 10.3. The highest BCUT2D eigenvalue weighted by atomic mass is 16.3. The molecule has 0 atom stereocenters. The van der Waals surface area contributed by atoms with Crippen molar-refractivity contribution in [3.63, 3.8) is 0 Å². The SMILES string of the molecule is Cc1nc(NCCO)n(C)c(=O)c1C. The molecule has 14 heavy (non-hydrogen) atoms. The van der Waals surface area contributed by atoms with Crippen molar-refractivity contribution < 1.29 is 5.11 Å². The van der Waals surface area contributed by atoms with Gasteiger partial charge in [-0.05, 0) is 13.8 Å². The van der Waals surface area contributed by atoms with E-state index in [4.69, 9.17) is 5.11 Å². The third-order valence-electron chi connectivity index (χ3n) is 2.15. The molecule has 0 unspecified atom stereocenters. The maximum Gasteiger partial charge on any atom is 0.257 e. The number of aliphatic hydroxyl groups is 1. The summed E-state index contributed by atoms with van der Waals surface area (Å²) in [5, 5.41) is 11.5. The standard InChI is InChI=1S/C9H15N3O2/c1-6-7(2)11-9(10-4-5-13)12(3)8(6)14/h13H,4-5H2,1-3H3,(H,10,11). The minimum atomic E-state index is -0.0575. The maximum absolute atomic E-state index is 11.6. The molecule has 0 aromatic carbocycles. The summed E-state index contributed by atoms with van der Waals surface area (Å²) < 4.78 is 1.44. The van der Waals surface area contributed by atoms with Gasteiger partial charge in [-0.2, -0.15) is 0 Å². The van der Waals surface area contributed by atoms with Crippen LogP contribution in [0, 0.1) is 13.8 Å². The average Bonchev–Trinajstić information content (AvgIpc) is 2.18. The minimum absolute atomic E-state index is 0.0167. The molecule has 1 aromatic rings. The number of anilines is 1. The molecular formula is C9H15N3O2. The van der Waals surface area contributed by atoms with E-state index < -0.39 is 0 Å². The fourth-order valence-electron chi connectivity index (χ4n) is 1.15. The van der Waals surface area contributed by atoms with Gasteiger partial charge in [0.25, 0.3) is 5.56 Å². The van der Waals surface area contributed by atoms with Gasteiger partial charge in [-0.1, -0.05) is 0 Å². The second-order valence-electron chi connectivity index (χ2n) is 3.16. The number of nitrogens with one attached hydrogen (secondary N) is 1. The van der Waals surface area contributed by atoms with Crippen LogP contribution in [0.3, 0.4) is 0 Å². The second kappa shape index (κ2) is 4.23. The molecule has 0 fully saturated rings. The molecular weight excluding hydrogens is 182 g/mol. The molecule has 0 aliphatic carbocycles. The molecule has 1 aromatic heterocycles. The lowest BCUT2D eigenvalue weighted by Gasteiger charge is -2.10. The van der Waals surface area contributed by atoms with E-state index in [2.05, 4.69) is 10.3 Å². The Hall–Kier alpha value is -1.36. The molecule has 0 radical (unpaired) electrons. The lowest BCUT2D eigenvalue weighted by molar-refractivity contribution is 0.310. The Bertz CT molecular complexity index is 384. The summed E-state index contributed by atoms with van der Waals surface area (Å²) in [6.45, 7) is 3.95. The summed E-state index contributed by atoms with van der Waals surface area (Å²) in [5.41, 5.74) is 1.31. The maximum atomic E-state index is 11.6. The van der Waals surface area contributed by atoms with Gasteiger partial charge >= 0.3 is 0 Å². The molecule has 1 heterocycles. The van der Waals surface area contributed by atoms with Crippen LogP contribution in [-0.4, -0.2) is 27.8 Å². The molecule has 0 saturated heterocycles. The molecule has 0 bridgehead atoms. The van der Waals surface area contributed by atoms with E-state index in [0.29, 0.717) is 23.8 Å². The monoisotopic (exact) mass is 197 g/mol. The third-order valence-corrected chi connectivity index (χ3v) is 2.15. The first-order valence-corrected chi connectivity index (χ1v) is 4.47. The number of aryl methyl sites for hydroxylation is 1. The van der Waals surface area contributed by atoms with Crippen molar-refractivity contribution in [2.75, 3.05) is 18.5 Å². The zero-order chi connectivity index (χ0) is 10.7. The number of aliphatic hydroxyl groups excluding tert-OH is 1. The van der Waals surface area contributed by atoms with Gasteiger partial charge in [0.1, 0.15) is 0 Å². The largest absolute Gasteiger partial charge is 0.395 e. The van der Waals surface area contributed by atoms with Gasteiger partial charge in [-0.25, -0.2) is 4.98 Å². The number of aromatic nitrogens is 2. The first-order valence-electron chi connectivity index (χ1n) is 4.47. The predicted octanol–water partition coefficient (Wildman–Crippen LogP) is -0.199. The van der Waals surface area contributed by atoms with Crippen LogP contribution < -0.4 is 10.9 Å². The van der Waals surface area contributed by atoms with Crippen LogP contribution in [-0.2, 0) is 7.05 Å². The summed E-state index contributed by atoms with van der Waals surface area (Å²) in [5.74, 6) is 0.493. The van der Waals surface area contributed by atoms with E-state index in [1.165, 1.54) is 4.57 Å². The van der Waals surface area contributed by atoms with Crippen LogP contribution in [0.5, 0.6) is 0 Å². The summed E-state index contributed by atoms with van der Waals surface area (Å²) >= 11 is 0. The first kappa shape index (κ1) is 10.7. The molecule has 78 valence electrons. The molecule has 0 saturated carbocycles. The predicted molar refractivity (Wildman–Crippen MR) is 54.5 cm³/mol. The van der Waals surface area contributed by atoms with E-state index in [1.807, 2.05) is 0 Å². The molecule has 5 nitrogen and oxygen atoms in total.